The van der Waals surface area contributed by atoms with Crippen LogP contribution in [0.3, 0.4) is 0 Å². The Hall–Kier alpha value is 1.06. The Morgan fingerprint density at radius 2 is 0.887 bits per heavy atom. The van der Waals surface area contributed by atoms with Gasteiger partial charge in [0.25, 0.3) is 5.97 Å². The van der Waals surface area contributed by atoms with E-state index in [-0.39, 0.29) is 14.9 Å². The van der Waals surface area contributed by atoms with Crippen LogP contribution in [0.5, 0.6) is 0 Å². The Bertz CT molecular complexity index is 1060. The standard InChI is InChI=1S/C12H32O4Si4.C7H21O3PSi2.C5H13O3P.C2H4O2.CH5O3P.2CH4/c1-9-10-11-12-20(8)15-18(4,5)13-17(2,3)14-19(6,7)16-20;1-11(8,9-12(2,3)4)10-13(5,6)7;1-4-7-9(3,6)8-5-2;1-2(3)4;1-5(2,3)4;;/h9-12H2,1-8H3;1-7H3;4-5H2,1-3H3;1H3,(H,3,4);1H3,(H2,2,3,4);2*1H4. The molecule has 328 valence electrons. The summed E-state index contributed by atoms with van der Waals surface area (Å²) in [5, 5.41) is 7.42. The van der Waals surface area contributed by atoms with Crippen molar-refractivity contribution in [3.63, 3.8) is 0 Å². The van der Waals surface area contributed by atoms with Gasteiger partial charge in [-0.1, -0.05) is 41.0 Å². The normalized spacial score (nSPS) is 17.6. The van der Waals surface area contributed by atoms with E-state index in [0.29, 0.717) is 13.2 Å². The van der Waals surface area contributed by atoms with Crippen LogP contribution in [0.25, 0.3) is 0 Å². The van der Waals surface area contributed by atoms with Gasteiger partial charge in [-0.15, -0.1) is 0 Å². The van der Waals surface area contributed by atoms with Crippen molar-refractivity contribution in [3.05, 3.63) is 0 Å². The molecule has 0 aromatic rings. The monoisotopic (exact) mass is 932 g/mol. The Labute approximate surface area is 331 Å². The molecule has 1 fully saturated rings. The van der Waals surface area contributed by atoms with Crippen LogP contribution >= 0.6 is 22.8 Å². The molecule has 0 spiro atoms. The molecule has 0 aliphatic carbocycles. The van der Waals surface area contributed by atoms with E-state index in [0.717, 1.165) is 19.6 Å². The van der Waals surface area contributed by atoms with Gasteiger partial charge in [0.15, 0.2) is 16.6 Å². The zero-order valence-corrected chi connectivity index (χ0v) is 44.0. The summed E-state index contributed by atoms with van der Waals surface area (Å²) >= 11 is 0. The third kappa shape index (κ3) is 53.1. The zero-order chi connectivity index (χ0) is 42.0. The van der Waals surface area contributed by atoms with Crippen molar-refractivity contribution in [2.24, 2.45) is 0 Å². The number of rotatable bonds is 12. The van der Waals surface area contributed by atoms with Crippen molar-refractivity contribution in [1.29, 1.82) is 0 Å². The lowest BCUT2D eigenvalue weighted by molar-refractivity contribution is -0.134. The summed E-state index contributed by atoms with van der Waals surface area (Å²) < 4.78 is 78.5. The first-order valence-electron chi connectivity index (χ1n) is 17.0. The molecule has 0 radical (unpaired) electrons. The van der Waals surface area contributed by atoms with E-state index in [1.165, 1.54) is 25.9 Å². The molecule has 53 heavy (non-hydrogen) atoms. The summed E-state index contributed by atoms with van der Waals surface area (Å²) in [6, 6.07) is 1.04. The van der Waals surface area contributed by atoms with E-state index in [9.17, 15) is 13.7 Å². The second-order valence-corrected chi connectivity index (χ2v) is 45.0. The van der Waals surface area contributed by atoms with Gasteiger partial charge in [-0.2, -0.15) is 0 Å². The molecule has 0 bridgehead atoms. The van der Waals surface area contributed by atoms with Gasteiger partial charge in [-0.05, 0) is 105 Å². The molecule has 0 aromatic heterocycles. The number of aliphatic carboxylic acids is 1. The van der Waals surface area contributed by atoms with E-state index >= 15 is 0 Å². The largest absolute Gasteiger partial charge is 0.481 e. The smallest absolute Gasteiger partial charge is 0.327 e. The Morgan fingerprint density at radius 1 is 0.623 bits per heavy atom. The number of unbranched alkanes of at least 4 members (excludes halogenated alkanes) is 2. The number of hydrogen-bond donors (Lipinski definition) is 3. The fraction of sp³-hybridized carbons (Fsp3) is 0.966. The first-order valence-corrected chi connectivity index (χ1v) is 40.9. The maximum atomic E-state index is 11.9. The molecule has 0 saturated carbocycles. The zero-order valence-electron chi connectivity index (χ0n) is 35.3. The molecule has 1 rings (SSSR count). The third-order valence-electron chi connectivity index (χ3n) is 4.75. The minimum Gasteiger partial charge on any atom is -0.481 e. The van der Waals surface area contributed by atoms with Crippen LogP contribution < -0.4 is 0 Å². The molecular weight excluding hydrogens is 850 g/mol. The van der Waals surface area contributed by atoms with E-state index in [2.05, 4.69) is 52.8 Å². The molecule has 0 unspecified atom stereocenters. The Kier molecular flexibility index (Phi) is 34.4. The van der Waals surface area contributed by atoms with E-state index < -0.39 is 79.6 Å². The predicted octanol–water partition coefficient (Wildman–Crippen LogP) is 11.0. The highest BCUT2D eigenvalue weighted by atomic mass is 31.2. The van der Waals surface area contributed by atoms with Gasteiger partial charge in [-0.3, -0.25) is 18.5 Å². The summed E-state index contributed by atoms with van der Waals surface area (Å²) in [6.45, 7) is 38.6. The maximum absolute atomic E-state index is 11.9. The van der Waals surface area contributed by atoms with Crippen molar-refractivity contribution in [3.8, 4) is 0 Å². The van der Waals surface area contributed by atoms with Crippen molar-refractivity contribution in [1.82, 2.24) is 0 Å². The van der Waals surface area contributed by atoms with E-state index in [1.807, 2.05) is 39.3 Å². The van der Waals surface area contributed by atoms with E-state index in [4.69, 9.17) is 53.6 Å². The fourth-order valence-corrected chi connectivity index (χ4v) is 35.7. The van der Waals surface area contributed by atoms with Crippen LogP contribution in [0.2, 0.25) is 91.2 Å². The van der Waals surface area contributed by atoms with Gasteiger partial charge in [0.2, 0.25) is 0 Å². The Morgan fingerprint density at radius 3 is 1.11 bits per heavy atom. The van der Waals surface area contributed by atoms with Crippen molar-refractivity contribution < 1.29 is 67.3 Å². The highest BCUT2D eigenvalue weighted by Gasteiger charge is 2.52. The van der Waals surface area contributed by atoms with Crippen LogP contribution in [0.15, 0.2) is 0 Å². The lowest BCUT2D eigenvalue weighted by Gasteiger charge is -2.47. The average Bonchev–Trinajstić information content (AvgIpc) is 2.71. The fourth-order valence-electron chi connectivity index (χ4n) is 4.63. The van der Waals surface area contributed by atoms with Crippen LogP contribution in [0.4, 0.5) is 0 Å². The van der Waals surface area contributed by atoms with Crippen LogP contribution in [0, 0.1) is 0 Å². The molecule has 1 aliphatic rings. The lowest BCUT2D eigenvalue weighted by Crippen LogP contribution is -2.64. The van der Waals surface area contributed by atoms with Gasteiger partial charge in [0.1, 0.15) is 0 Å². The molecule has 1 saturated heterocycles. The van der Waals surface area contributed by atoms with Crippen LogP contribution in [0.1, 0.15) is 61.8 Å². The van der Waals surface area contributed by atoms with E-state index in [1.54, 1.807) is 20.5 Å². The van der Waals surface area contributed by atoms with Crippen molar-refractivity contribution in [2.45, 2.75) is 153 Å². The molecule has 1 heterocycles. The van der Waals surface area contributed by atoms with Gasteiger partial charge in [0.05, 0.1) is 13.2 Å². The van der Waals surface area contributed by atoms with Gasteiger partial charge >= 0.3 is 57.0 Å². The number of carbonyl (C=O) groups is 1. The predicted molar refractivity (Wildman–Crippen MR) is 237 cm³/mol. The number of carboxylic acid groups (broad SMARTS) is 1. The molecule has 1 aliphatic heterocycles. The van der Waals surface area contributed by atoms with Crippen LogP contribution in [-0.2, 0) is 52.4 Å². The van der Waals surface area contributed by atoms with Gasteiger partial charge < -0.3 is 48.8 Å². The molecule has 3 N–H and O–H groups in total. The maximum Gasteiger partial charge on any atom is 0.327 e. The second-order valence-electron chi connectivity index (χ2n) is 15.3. The molecule has 0 amide bonds. The number of hydrogen-bond acceptors (Lipinski definition) is 12. The topological polar surface area (TPSA) is 203 Å². The quantitative estimate of drug-likeness (QED) is 0.0946. The summed E-state index contributed by atoms with van der Waals surface area (Å²) in [4.78, 5) is 24.3. The molecule has 0 atom stereocenters. The highest BCUT2D eigenvalue weighted by Crippen LogP contribution is 2.49. The Balaban J connectivity index is -0.000000145. The summed E-state index contributed by atoms with van der Waals surface area (Å²) in [5.41, 5.74) is 0. The highest BCUT2D eigenvalue weighted by molar-refractivity contribution is 7.56. The molecule has 15 nitrogen and oxygen atoms in total. The summed E-state index contributed by atoms with van der Waals surface area (Å²) in [7, 11) is -21.3. The second kappa shape index (κ2) is 27.7. The minimum atomic E-state index is -3.64. The lowest BCUT2D eigenvalue weighted by atomic mass is 10.3. The summed E-state index contributed by atoms with van der Waals surface area (Å²) in [6.07, 6.45) is 3.63. The average molecular weight is 933 g/mol. The summed E-state index contributed by atoms with van der Waals surface area (Å²) in [5.74, 6) is -0.833. The first kappa shape index (κ1) is 65.9. The van der Waals surface area contributed by atoms with Gasteiger partial charge in [-0.25, -0.2) is 0 Å². The van der Waals surface area contributed by atoms with Gasteiger partial charge in [0, 0.05) is 26.9 Å². The molecular formula is C29H83O15P3Si6. The SMILES string of the molecule is C.C.CC(=O)O.CCCCC[Si]1(C)O[Si](C)(C)O[Si](C)(C)O[Si](C)(C)O1.CCOP(C)(=O)OCC.CP(=O)(O)O.C[Si](C)(C)OP(C)(=O)O[Si](C)(C)C. The van der Waals surface area contributed by atoms with Crippen molar-refractivity contribution >= 4 is 79.6 Å². The first-order chi connectivity index (χ1) is 22.2. The number of carboxylic acids is 1. The van der Waals surface area contributed by atoms with Crippen LogP contribution in [-0.4, -0.2) is 105 Å². The molecule has 0 aromatic carbocycles. The molecule has 24 heteroatoms. The minimum absolute atomic E-state index is 0. The third-order valence-corrected chi connectivity index (χ3v) is 29.8. The van der Waals surface area contributed by atoms with Crippen molar-refractivity contribution in [2.75, 3.05) is 33.2 Å².